The van der Waals surface area contributed by atoms with Crippen LogP contribution in [0.15, 0.2) is 46.9 Å². The molecule has 0 aliphatic carbocycles. The number of hydrogen-bond acceptors (Lipinski definition) is 3. The molecule has 0 saturated carbocycles. The lowest BCUT2D eigenvalue weighted by Crippen LogP contribution is -2.31. The van der Waals surface area contributed by atoms with Crippen LogP contribution in [0.1, 0.15) is 31.1 Å². The fourth-order valence-electron chi connectivity index (χ4n) is 2.31. The molecule has 0 unspecified atom stereocenters. The van der Waals surface area contributed by atoms with Crippen LogP contribution >= 0.6 is 15.9 Å². The molecule has 1 aliphatic heterocycles. The molecule has 0 aromatic heterocycles. The summed E-state index contributed by atoms with van der Waals surface area (Å²) < 4.78 is 0.372. The number of anilines is 1. The standard InChI is InChI=1S/C15H8BrNO4/c16-11-7-3-6-10(15(20)21)12(11)17-13(18)8-4-1-2-5-9(8)14(17)19/h1-7H,(H,20,21). The molecule has 2 aromatic carbocycles. The second-order valence-electron chi connectivity index (χ2n) is 4.43. The number of nitrogens with zero attached hydrogens (tertiary/aromatic N) is 1. The minimum atomic E-state index is -1.21. The van der Waals surface area contributed by atoms with Crippen molar-refractivity contribution in [2.24, 2.45) is 0 Å². The summed E-state index contributed by atoms with van der Waals surface area (Å²) in [6, 6.07) is 10.9. The second-order valence-corrected chi connectivity index (χ2v) is 5.29. The molecule has 1 N–H and O–H groups in total. The zero-order valence-corrected chi connectivity index (χ0v) is 12.1. The van der Waals surface area contributed by atoms with E-state index in [4.69, 9.17) is 0 Å². The summed E-state index contributed by atoms with van der Waals surface area (Å²) in [7, 11) is 0. The Kier molecular flexibility index (Phi) is 3.10. The third-order valence-corrected chi connectivity index (χ3v) is 3.87. The van der Waals surface area contributed by atoms with Crippen molar-refractivity contribution in [2.45, 2.75) is 0 Å². The van der Waals surface area contributed by atoms with Crippen LogP contribution in [0.3, 0.4) is 0 Å². The number of carboxylic acid groups (broad SMARTS) is 1. The van der Waals surface area contributed by atoms with Crippen LogP contribution in [0.4, 0.5) is 5.69 Å². The molecule has 0 spiro atoms. The summed E-state index contributed by atoms with van der Waals surface area (Å²) in [5, 5.41) is 9.27. The highest BCUT2D eigenvalue weighted by molar-refractivity contribution is 9.10. The predicted molar refractivity (Wildman–Crippen MR) is 78.7 cm³/mol. The Morgan fingerprint density at radius 3 is 2.05 bits per heavy atom. The highest BCUT2D eigenvalue weighted by Gasteiger charge is 2.39. The fourth-order valence-corrected chi connectivity index (χ4v) is 2.85. The van der Waals surface area contributed by atoms with Gasteiger partial charge in [0.1, 0.15) is 0 Å². The molecule has 0 saturated heterocycles. The molecule has 6 heteroatoms. The third-order valence-electron chi connectivity index (χ3n) is 3.23. The van der Waals surface area contributed by atoms with Crippen molar-refractivity contribution in [3.63, 3.8) is 0 Å². The van der Waals surface area contributed by atoms with Crippen LogP contribution in [0.2, 0.25) is 0 Å². The molecule has 21 heavy (non-hydrogen) atoms. The lowest BCUT2D eigenvalue weighted by atomic mass is 10.1. The Balaban J connectivity index is 2.23. The van der Waals surface area contributed by atoms with Crippen molar-refractivity contribution in [1.82, 2.24) is 0 Å². The topological polar surface area (TPSA) is 74.7 Å². The van der Waals surface area contributed by atoms with Crippen LogP contribution in [-0.4, -0.2) is 22.9 Å². The van der Waals surface area contributed by atoms with Crippen LogP contribution in [0.5, 0.6) is 0 Å². The number of carbonyl (C=O) groups is 3. The van der Waals surface area contributed by atoms with Crippen LogP contribution in [0, 0.1) is 0 Å². The number of carboxylic acids is 1. The summed E-state index contributed by atoms with van der Waals surface area (Å²) in [5.41, 5.74) is 0.485. The van der Waals surface area contributed by atoms with Crippen molar-refractivity contribution >= 4 is 39.4 Å². The number of benzene rings is 2. The Labute approximate surface area is 127 Å². The maximum atomic E-state index is 12.4. The molecular weight excluding hydrogens is 338 g/mol. The Morgan fingerprint density at radius 1 is 0.952 bits per heavy atom. The summed E-state index contributed by atoms with van der Waals surface area (Å²) in [6.07, 6.45) is 0. The van der Waals surface area contributed by atoms with E-state index in [2.05, 4.69) is 15.9 Å². The van der Waals surface area contributed by atoms with Crippen molar-refractivity contribution in [1.29, 1.82) is 0 Å². The molecular formula is C15H8BrNO4. The average Bonchev–Trinajstić information content (AvgIpc) is 2.72. The van der Waals surface area contributed by atoms with E-state index in [1.807, 2.05) is 0 Å². The molecule has 2 aromatic rings. The van der Waals surface area contributed by atoms with Crippen LogP contribution < -0.4 is 4.90 Å². The number of aromatic carboxylic acids is 1. The van der Waals surface area contributed by atoms with E-state index in [1.54, 1.807) is 30.3 Å². The van der Waals surface area contributed by atoms with E-state index in [0.717, 1.165) is 4.90 Å². The number of halogens is 1. The number of carbonyl (C=O) groups excluding carboxylic acids is 2. The third kappa shape index (κ3) is 1.95. The van der Waals surface area contributed by atoms with Gasteiger partial charge in [-0.05, 0) is 40.2 Å². The molecule has 0 radical (unpaired) electrons. The van der Waals surface area contributed by atoms with Gasteiger partial charge in [0.05, 0.1) is 22.4 Å². The molecule has 3 rings (SSSR count). The first-order valence-electron chi connectivity index (χ1n) is 6.02. The van der Waals surface area contributed by atoms with Gasteiger partial charge in [-0.3, -0.25) is 9.59 Å². The summed E-state index contributed by atoms with van der Waals surface area (Å²) in [6.45, 7) is 0. The highest BCUT2D eigenvalue weighted by atomic mass is 79.9. The predicted octanol–water partition coefficient (Wildman–Crippen LogP) is 2.95. The van der Waals surface area contributed by atoms with Crippen LogP contribution in [-0.2, 0) is 0 Å². The molecule has 0 bridgehead atoms. The van der Waals surface area contributed by atoms with Gasteiger partial charge in [-0.2, -0.15) is 0 Å². The smallest absolute Gasteiger partial charge is 0.337 e. The molecule has 1 aliphatic rings. The van der Waals surface area contributed by atoms with Gasteiger partial charge in [-0.25, -0.2) is 9.69 Å². The van der Waals surface area contributed by atoms with Gasteiger partial charge in [0.25, 0.3) is 11.8 Å². The van der Waals surface area contributed by atoms with E-state index in [0.29, 0.717) is 4.47 Å². The maximum absolute atomic E-state index is 12.4. The molecule has 104 valence electrons. The normalized spacial score (nSPS) is 13.5. The minimum Gasteiger partial charge on any atom is -0.478 e. The lowest BCUT2D eigenvalue weighted by molar-refractivity contribution is 0.0698. The quantitative estimate of drug-likeness (QED) is 0.849. The fraction of sp³-hybridized carbons (Fsp3) is 0. The zero-order chi connectivity index (χ0) is 15.1. The molecule has 0 fully saturated rings. The first-order chi connectivity index (χ1) is 10.0. The number of fused-ring (bicyclic) bond motifs is 1. The molecule has 1 heterocycles. The van der Waals surface area contributed by atoms with Crippen molar-refractivity contribution in [2.75, 3.05) is 4.90 Å². The van der Waals surface area contributed by atoms with Gasteiger partial charge >= 0.3 is 5.97 Å². The van der Waals surface area contributed by atoms with E-state index in [1.165, 1.54) is 12.1 Å². The van der Waals surface area contributed by atoms with Gasteiger partial charge in [0.2, 0.25) is 0 Å². The lowest BCUT2D eigenvalue weighted by Gasteiger charge is -2.18. The average molecular weight is 346 g/mol. The van der Waals surface area contributed by atoms with Gasteiger partial charge in [-0.15, -0.1) is 0 Å². The van der Waals surface area contributed by atoms with Crippen molar-refractivity contribution < 1.29 is 19.5 Å². The van der Waals surface area contributed by atoms with Gasteiger partial charge in [-0.1, -0.05) is 18.2 Å². The Bertz CT molecular complexity index is 765. The molecule has 5 nitrogen and oxygen atoms in total. The first kappa shape index (κ1) is 13.5. The largest absolute Gasteiger partial charge is 0.478 e. The number of imide groups is 1. The number of para-hydroxylation sites is 1. The van der Waals surface area contributed by atoms with Gasteiger partial charge < -0.3 is 5.11 Å². The number of rotatable bonds is 2. The number of amides is 2. The zero-order valence-electron chi connectivity index (χ0n) is 10.5. The minimum absolute atomic E-state index is 0.0520. The monoisotopic (exact) mass is 345 g/mol. The number of hydrogen-bond donors (Lipinski definition) is 1. The SMILES string of the molecule is O=C(O)c1cccc(Br)c1N1C(=O)c2ccccc2C1=O. The summed E-state index contributed by atoms with van der Waals surface area (Å²) in [4.78, 5) is 37.1. The van der Waals surface area contributed by atoms with Gasteiger partial charge in [0, 0.05) is 4.47 Å². The van der Waals surface area contributed by atoms with Gasteiger partial charge in [0.15, 0.2) is 0 Å². The first-order valence-corrected chi connectivity index (χ1v) is 6.81. The highest BCUT2D eigenvalue weighted by Crippen LogP contribution is 2.36. The van der Waals surface area contributed by atoms with E-state index < -0.39 is 17.8 Å². The Morgan fingerprint density at radius 2 is 1.52 bits per heavy atom. The Hall–Kier alpha value is -2.47. The van der Waals surface area contributed by atoms with E-state index in [9.17, 15) is 19.5 Å². The summed E-state index contributed by atoms with van der Waals surface area (Å²) >= 11 is 3.22. The van der Waals surface area contributed by atoms with Crippen molar-refractivity contribution in [3.8, 4) is 0 Å². The second kappa shape index (κ2) is 4.82. The maximum Gasteiger partial charge on any atom is 0.337 e. The van der Waals surface area contributed by atoms with E-state index in [-0.39, 0.29) is 22.4 Å². The van der Waals surface area contributed by atoms with Crippen LogP contribution in [0.25, 0.3) is 0 Å². The van der Waals surface area contributed by atoms with E-state index >= 15 is 0 Å². The summed E-state index contributed by atoms with van der Waals surface area (Å²) in [5.74, 6) is -2.25. The molecule has 0 atom stereocenters. The molecule has 2 amide bonds. The van der Waals surface area contributed by atoms with Crippen molar-refractivity contribution in [3.05, 3.63) is 63.6 Å².